The topological polar surface area (TPSA) is 29.5 Å². The number of aliphatic hydroxyl groups excluding tert-OH is 1. The highest BCUT2D eigenvalue weighted by Crippen LogP contribution is 2.43. The molecule has 1 N–H and O–H groups in total. The van der Waals surface area contributed by atoms with Crippen LogP contribution in [0.3, 0.4) is 0 Å². The Hall–Kier alpha value is -0.440. The van der Waals surface area contributed by atoms with E-state index >= 15 is 0 Å². The average Bonchev–Trinajstić information content (AvgIpc) is 2.51. The van der Waals surface area contributed by atoms with Crippen molar-refractivity contribution < 1.29 is 9.84 Å². The smallest absolute Gasteiger partial charge is 0.143 e. The van der Waals surface area contributed by atoms with E-state index in [9.17, 15) is 0 Å². The number of fused-ring (bicyclic) bond motifs is 1. The molecule has 2 nitrogen and oxygen atoms in total. The standard InChI is InChI=1S/C10H10Cl2O2/c1-10(5-13)4-6-2-3-7(11)8(12)9(6)14-10/h2-3,13H,4-5H2,1H3. The van der Waals surface area contributed by atoms with Crippen LogP contribution in [0.5, 0.6) is 5.75 Å². The lowest BCUT2D eigenvalue weighted by Gasteiger charge is -2.20. The molecule has 0 spiro atoms. The lowest BCUT2D eigenvalue weighted by molar-refractivity contribution is 0.0447. The monoisotopic (exact) mass is 232 g/mol. The largest absolute Gasteiger partial charge is 0.483 e. The first-order valence-electron chi connectivity index (χ1n) is 4.32. The van der Waals surface area contributed by atoms with E-state index in [1.807, 2.05) is 13.0 Å². The Bertz CT molecular complexity index is 379. The number of benzene rings is 1. The molecule has 1 unspecified atom stereocenters. The van der Waals surface area contributed by atoms with Gasteiger partial charge in [-0.3, -0.25) is 0 Å². The third-order valence-corrected chi connectivity index (χ3v) is 3.17. The Kier molecular flexibility index (Phi) is 2.38. The number of halogens is 2. The second kappa shape index (κ2) is 3.30. The van der Waals surface area contributed by atoms with E-state index in [4.69, 9.17) is 33.0 Å². The molecule has 0 fully saturated rings. The predicted molar refractivity (Wildman–Crippen MR) is 56.3 cm³/mol. The zero-order valence-electron chi connectivity index (χ0n) is 7.68. The molecule has 0 aromatic heterocycles. The van der Waals surface area contributed by atoms with Crippen molar-refractivity contribution >= 4 is 23.2 Å². The van der Waals surface area contributed by atoms with Crippen molar-refractivity contribution in [3.63, 3.8) is 0 Å². The van der Waals surface area contributed by atoms with Gasteiger partial charge in [0.1, 0.15) is 16.4 Å². The molecule has 4 heteroatoms. The van der Waals surface area contributed by atoms with Gasteiger partial charge in [0.15, 0.2) is 0 Å². The minimum atomic E-state index is -0.559. The minimum absolute atomic E-state index is 0.0321. The van der Waals surface area contributed by atoms with Crippen molar-refractivity contribution in [3.8, 4) is 5.75 Å². The zero-order valence-corrected chi connectivity index (χ0v) is 9.19. The summed E-state index contributed by atoms with van der Waals surface area (Å²) < 4.78 is 5.59. The van der Waals surface area contributed by atoms with Crippen LogP contribution < -0.4 is 4.74 Å². The fourth-order valence-electron chi connectivity index (χ4n) is 1.60. The molecule has 0 bridgehead atoms. The lowest BCUT2D eigenvalue weighted by atomic mass is 10.0. The molecule has 14 heavy (non-hydrogen) atoms. The van der Waals surface area contributed by atoms with Gasteiger partial charge in [-0.1, -0.05) is 29.3 Å². The first-order chi connectivity index (χ1) is 6.56. The molecule has 2 rings (SSSR count). The third kappa shape index (κ3) is 1.48. The maximum Gasteiger partial charge on any atom is 0.143 e. The van der Waals surface area contributed by atoms with Crippen LogP contribution >= 0.6 is 23.2 Å². The van der Waals surface area contributed by atoms with Gasteiger partial charge < -0.3 is 9.84 Å². The first kappa shape index (κ1) is 10.1. The summed E-state index contributed by atoms with van der Waals surface area (Å²) in [5.74, 6) is 0.607. The Balaban J connectivity index is 2.45. The van der Waals surface area contributed by atoms with Crippen LogP contribution in [-0.2, 0) is 6.42 Å². The van der Waals surface area contributed by atoms with Crippen molar-refractivity contribution in [2.75, 3.05) is 6.61 Å². The number of aliphatic hydroxyl groups is 1. The molecule has 0 saturated carbocycles. The summed E-state index contributed by atoms with van der Waals surface area (Å²) in [5, 5.41) is 10.1. The quantitative estimate of drug-likeness (QED) is 0.807. The molecule has 1 aliphatic heterocycles. The summed E-state index contributed by atoms with van der Waals surface area (Å²) in [6.45, 7) is 1.81. The normalized spacial score (nSPS) is 24.6. The van der Waals surface area contributed by atoms with Gasteiger partial charge in [-0.2, -0.15) is 0 Å². The summed E-state index contributed by atoms with van der Waals surface area (Å²) in [7, 11) is 0. The van der Waals surface area contributed by atoms with E-state index < -0.39 is 5.60 Å². The zero-order chi connectivity index (χ0) is 10.3. The van der Waals surface area contributed by atoms with Crippen LogP contribution in [-0.4, -0.2) is 17.3 Å². The Morgan fingerprint density at radius 1 is 1.50 bits per heavy atom. The maximum atomic E-state index is 9.16. The lowest BCUT2D eigenvalue weighted by Crippen LogP contribution is -2.34. The highest BCUT2D eigenvalue weighted by atomic mass is 35.5. The van der Waals surface area contributed by atoms with Crippen LogP contribution in [0.1, 0.15) is 12.5 Å². The first-order valence-corrected chi connectivity index (χ1v) is 5.08. The summed E-state index contributed by atoms with van der Waals surface area (Å²) in [5.41, 5.74) is 0.437. The third-order valence-electron chi connectivity index (χ3n) is 2.38. The minimum Gasteiger partial charge on any atom is -0.483 e. The van der Waals surface area contributed by atoms with Crippen molar-refractivity contribution in [1.82, 2.24) is 0 Å². The molecular weight excluding hydrogens is 223 g/mol. The predicted octanol–water partition coefficient (Wildman–Crippen LogP) is 2.68. The van der Waals surface area contributed by atoms with Gasteiger partial charge in [-0.25, -0.2) is 0 Å². The van der Waals surface area contributed by atoms with Crippen LogP contribution in [0.25, 0.3) is 0 Å². The summed E-state index contributed by atoms with van der Waals surface area (Å²) >= 11 is 11.8. The van der Waals surface area contributed by atoms with E-state index in [1.54, 1.807) is 6.07 Å². The molecule has 0 radical (unpaired) electrons. The van der Waals surface area contributed by atoms with Crippen molar-refractivity contribution in [3.05, 3.63) is 27.7 Å². The van der Waals surface area contributed by atoms with Crippen molar-refractivity contribution in [2.24, 2.45) is 0 Å². The number of rotatable bonds is 1. The molecule has 1 aliphatic rings. The van der Waals surface area contributed by atoms with Gasteiger partial charge in [0, 0.05) is 6.42 Å². The molecule has 76 valence electrons. The Morgan fingerprint density at radius 3 is 2.86 bits per heavy atom. The summed E-state index contributed by atoms with van der Waals surface area (Å²) in [6.07, 6.45) is 0.662. The van der Waals surface area contributed by atoms with E-state index in [-0.39, 0.29) is 6.61 Å². The highest BCUT2D eigenvalue weighted by Gasteiger charge is 2.35. The Morgan fingerprint density at radius 2 is 2.21 bits per heavy atom. The average molecular weight is 233 g/mol. The second-order valence-corrected chi connectivity index (χ2v) is 4.52. The molecule has 1 aromatic carbocycles. The van der Waals surface area contributed by atoms with E-state index in [1.165, 1.54) is 0 Å². The number of ether oxygens (including phenoxy) is 1. The van der Waals surface area contributed by atoms with Crippen molar-refractivity contribution in [1.29, 1.82) is 0 Å². The van der Waals surface area contributed by atoms with E-state index in [2.05, 4.69) is 0 Å². The molecule has 0 amide bonds. The molecule has 0 aliphatic carbocycles. The Labute approximate surface area is 92.4 Å². The van der Waals surface area contributed by atoms with Gasteiger partial charge in [0.05, 0.1) is 11.6 Å². The molecule has 0 saturated heterocycles. The van der Waals surface area contributed by atoms with E-state index in [0.29, 0.717) is 22.2 Å². The fourth-order valence-corrected chi connectivity index (χ4v) is 1.97. The fraction of sp³-hybridized carbons (Fsp3) is 0.400. The second-order valence-electron chi connectivity index (χ2n) is 3.74. The van der Waals surface area contributed by atoms with Gasteiger partial charge in [0.25, 0.3) is 0 Å². The summed E-state index contributed by atoms with van der Waals surface area (Å²) in [6, 6.07) is 3.62. The van der Waals surface area contributed by atoms with Gasteiger partial charge in [0.2, 0.25) is 0 Å². The van der Waals surface area contributed by atoms with Crippen LogP contribution in [0, 0.1) is 0 Å². The highest BCUT2D eigenvalue weighted by molar-refractivity contribution is 6.43. The molecule has 1 heterocycles. The van der Waals surface area contributed by atoms with Crippen LogP contribution in [0.2, 0.25) is 10.0 Å². The van der Waals surface area contributed by atoms with Crippen LogP contribution in [0.4, 0.5) is 0 Å². The SMILES string of the molecule is CC1(CO)Cc2ccc(Cl)c(Cl)c2O1. The van der Waals surface area contributed by atoms with Gasteiger partial charge in [-0.15, -0.1) is 0 Å². The number of hydrogen-bond acceptors (Lipinski definition) is 2. The van der Waals surface area contributed by atoms with Gasteiger partial charge >= 0.3 is 0 Å². The molecule has 1 aromatic rings. The molecule has 1 atom stereocenters. The maximum absolute atomic E-state index is 9.16. The number of hydrogen-bond donors (Lipinski definition) is 1. The van der Waals surface area contributed by atoms with Crippen molar-refractivity contribution in [2.45, 2.75) is 18.9 Å². The van der Waals surface area contributed by atoms with Gasteiger partial charge in [-0.05, 0) is 18.6 Å². The molecular formula is C10H10Cl2O2. The summed E-state index contributed by atoms with van der Waals surface area (Å²) in [4.78, 5) is 0. The van der Waals surface area contributed by atoms with E-state index in [0.717, 1.165) is 5.56 Å². The van der Waals surface area contributed by atoms with Crippen LogP contribution in [0.15, 0.2) is 12.1 Å².